The van der Waals surface area contributed by atoms with E-state index in [1.54, 1.807) is 6.08 Å². The number of rotatable bonds is 26. The molecule has 0 heterocycles. The van der Waals surface area contributed by atoms with Crippen LogP contribution in [-0.2, 0) is 18.0 Å². The smallest absolute Gasteiger partial charge is 0.302 e. The van der Waals surface area contributed by atoms with Crippen LogP contribution in [0.5, 0.6) is 0 Å². The molecule has 0 aromatic carbocycles. The highest BCUT2D eigenvalue weighted by Crippen LogP contribution is 2.57. The number of allylic oxidation sites excluding steroid dienone is 15. The van der Waals surface area contributed by atoms with E-state index in [1.165, 1.54) is 45.4 Å². The van der Waals surface area contributed by atoms with Crippen LogP contribution in [0.3, 0.4) is 0 Å². The van der Waals surface area contributed by atoms with Gasteiger partial charge in [0.1, 0.15) is 0 Å². The van der Waals surface area contributed by atoms with Gasteiger partial charge in [0, 0.05) is 0 Å². The highest BCUT2D eigenvalue weighted by Gasteiger charge is 2.31. The second kappa shape index (κ2) is 26.9. The van der Waals surface area contributed by atoms with Crippen molar-refractivity contribution in [3.63, 3.8) is 0 Å². The van der Waals surface area contributed by atoms with Crippen LogP contribution in [0.25, 0.3) is 0 Å². The van der Waals surface area contributed by atoms with Crippen molar-refractivity contribution in [3.8, 4) is 0 Å². The second-order valence-corrected chi connectivity index (χ2v) is 16.6. The molecule has 0 aromatic heterocycles. The van der Waals surface area contributed by atoms with Crippen molar-refractivity contribution in [2.24, 2.45) is 0 Å². The van der Waals surface area contributed by atoms with Gasteiger partial charge < -0.3 is 14.7 Å². The van der Waals surface area contributed by atoms with E-state index in [1.807, 2.05) is 6.92 Å². The summed E-state index contributed by atoms with van der Waals surface area (Å²) in [6.45, 7) is 19.3. The van der Waals surface area contributed by atoms with Gasteiger partial charge >= 0.3 is 15.6 Å². The maximum absolute atomic E-state index is 11.5. The molecule has 49 heavy (non-hydrogen) atoms. The van der Waals surface area contributed by atoms with E-state index in [9.17, 15) is 14.0 Å². The largest absolute Gasteiger partial charge is 0.481 e. The van der Waals surface area contributed by atoms with Crippen molar-refractivity contribution in [1.82, 2.24) is 0 Å². The van der Waals surface area contributed by atoms with Gasteiger partial charge in [-0.3, -0.25) is 4.52 Å². The molecule has 0 aliphatic rings. The average Bonchev–Trinajstić information content (AvgIpc) is 2.95. The summed E-state index contributed by atoms with van der Waals surface area (Å²) in [6.07, 6.45) is 32.9. The van der Waals surface area contributed by atoms with Crippen molar-refractivity contribution >= 4 is 15.6 Å². The average molecular weight is 723 g/mol. The lowest BCUT2D eigenvalue weighted by molar-refractivity contribution is 0.191. The zero-order valence-corrected chi connectivity index (χ0v) is 33.9. The lowest BCUT2D eigenvalue weighted by Crippen LogP contribution is -1.94. The summed E-state index contributed by atoms with van der Waals surface area (Å²) in [4.78, 5) is 26.6. The fourth-order valence-electron chi connectivity index (χ4n) is 5.01. The Labute approximate surface area is 299 Å². The molecule has 0 rings (SSSR count). The number of phosphoric ester groups is 1. The zero-order valence-electron chi connectivity index (χ0n) is 32.1. The molecule has 0 saturated heterocycles. The van der Waals surface area contributed by atoms with Crippen LogP contribution in [-0.4, -0.2) is 21.3 Å². The molecule has 0 bridgehead atoms. The van der Waals surface area contributed by atoms with Gasteiger partial charge in [0.05, 0.1) is 6.61 Å². The first-order valence-electron chi connectivity index (χ1n) is 17.9. The van der Waals surface area contributed by atoms with Crippen molar-refractivity contribution < 1.29 is 32.6 Å². The van der Waals surface area contributed by atoms with Gasteiger partial charge in [-0.05, 0) is 152 Å². The minimum atomic E-state index is -5.10. The van der Waals surface area contributed by atoms with Gasteiger partial charge in [-0.15, -0.1) is 0 Å². The third-order valence-electron chi connectivity index (χ3n) is 8.16. The van der Waals surface area contributed by atoms with Gasteiger partial charge in [0.2, 0.25) is 0 Å². The van der Waals surface area contributed by atoms with Crippen LogP contribution in [0.1, 0.15) is 152 Å². The minimum Gasteiger partial charge on any atom is -0.302 e. The molecule has 1 unspecified atom stereocenters. The minimum absolute atomic E-state index is 0.272. The molecule has 0 amide bonds. The number of phosphoric acid groups is 2. The summed E-state index contributed by atoms with van der Waals surface area (Å²) in [5.41, 5.74) is 11.0. The molecule has 1 atom stereocenters. The van der Waals surface area contributed by atoms with E-state index in [4.69, 9.17) is 9.79 Å². The predicted molar refractivity (Wildman–Crippen MR) is 209 cm³/mol. The van der Waals surface area contributed by atoms with Gasteiger partial charge in [0.15, 0.2) is 0 Å². The van der Waals surface area contributed by atoms with E-state index in [0.29, 0.717) is 0 Å². The summed E-state index contributed by atoms with van der Waals surface area (Å²) in [5, 5.41) is 0. The Hall–Kier alpha value is -1.82. The van der Waals surface area contributed by atoms with E-state index in [-0.39, 0.29) is 6.61 Å². The third-order valence-corrected chi connectivity index (χ3v) is 10.3. The Morgan fingerprint density at radius 3 is 0.918 bits per heavy atom. The van der Waals surface area contributed by atoms with Gasteiger partial charge in [0.25, 0.3) is 0 Å². The monoisotopic (exact) mass is 722 g/mol. The lowest BCUT2D eigenvalue weighted by atomic mass is 10.0. The topological polar surface area (TPSA) is 113 Å². The molecule has 280 valence electrons. The van der Waals surface area contributed by atoms with Crippen LogP contribution in [0, 0.1) is 0 Å². The maximum Gasteiger partial charge on any atom is 0.481 e. The van der Waals surface area contributed by atoms with Crippen LogP contribution < -0.4 is 0 Å². The molecule has 0 aromatic rings. The fraction of sp³-hybridized carbons (Fsp3) is 0.600. The van der Waals surface area contributed by atoms with E-state index < -0.39 is 15.6 Å². The van der Waals surface area contributed by atoms with Crippen molar-refractivity contribution in [2.75, 3.05) is 6.61 Å². The van der Waals surface area contributed by atoms with Crippen molar-refractivity contribution in [2.45, 2.75) is 152 Å². The second-order valence-electron chi connectivity index (χ2n) is 13.7. The van der Waals surface area contributed by atoms with Crippen LogP contribution >= 0.6 is 15.6 Å². The molecule has 0 aliphatic carbocycles. The molecule has 3 N–H and O–H groups in total. The summed E-state index contributed by atoms with van der Waals surface area (Å²) >= 11 is 0. The van der Waals surface area contributed by atoms with Gasteiger partial charge in [-0.2, -0.15) is 4.31 Å². The van der Waals surface area contributed by atoms with Gasteiger partial charge in [-0.1, -0.05) is 93.2 Å². The van der Waals surface area contributed by atoms with Crippen LogP contribution in [0.4, 0.5) is 0 Å². The summed E-state index contributed by atoms with van der Waals surface area (Å²) in [5.74, 6) is 0. The molecule has 0 fully saturated rings. The Balaban J connectivity index is 4.28. The number of hydrogen-bond acceptors (Lipinski definition) is 4. The predicted octanol–water partition coefficient (Wildman–Crippen LogP) is 13.3. The first-order chi connectivity index (χ1) is 22.9. The standard InChI is InChI=1S/C40H68O7P2/c1-33(2)17-10-18-34(3)19-11-20-35(4)21-12-22-36(5)23-13-24-37(6)25-14-26-38(7)27-15-28-39(8)29-16-30-40(9)31-32-46-49(44,45)47-48(41,42)43/h17,19,21,23,25,27,29,31H,10-16,18,20,22,24,26,28,30,32H2,1-9H3,(H,44,45)(H2,41,42,43)/b34-19-,35-21-,36-23-,37-25-,38-27-,39-29-,40-31-. The number of hydrogen-bond donors (Lipinski definition) is 3. The quantitative estimate of drug-likeness (QED) is 0.0601. The summed E-state index contributed by atoms with van der Waals surface area (Å²) in [6, 6.07) is 0. The van der Waals surface area contributed by atoms with Gasteiger partial charge in [-0.25, -0.2) is 9.13 Å². The fourth-order valence-corrected chi connectivity index (χ4v) is 6.54. The first-order valence-corrected chi connectivity index (χ1v) is 20.9. The highest BCUT2D eigenvalue weighted by atomic mass is 31.3. The van der Waals surface area contributed by atoms with Crippen molar-refractivity contribution in [1.29, 1.82) is 0 Å². The molecule has 0 saturated carbocycles. The maximum atomic E-state index is 11.5. The van der Waals surface area contributed by atoms with E-state index in [2.05, 4.69) is 107 Å². The molecular formula is C40H68O7P2. The third kappa shape index (κ3) is 31.9. The van der Waals surface area contributed by atoms with Crippen LogP contribution in [0.2, 0.25) is 0 Å². The zero-order chi connectivity index (χ0) is 37.3. The van der Waals surface area contributed by atoms with E-state index in [0.717, 1.165) is 89.0 Å². The Kier molecular flexibility index (Phi) is 25.9. The lowest BCUT2D eigenvalue weighted by Gasteiger charge is -2.11. The Bertz CT molecular complexity index is 1320. The van der Waals surface area contributed by atoms with Crippen LogP contribution in [0.15, 0.2) is 93.2 Å². The Morgan fingerprint density at radius 2 is 0.673 bits per heavy atom. The summed E-state index contributed by atoms with van der Waals surface area (Å²) < 4.78 is 30.5. The molecule has 9 heteroatoms. The summed E-state index contributed by atoms with van der Waals surface area (Å²) in [7, 11) is -9.90. The molecule has 0 spiro atoms. The Morgan fingerprint density at radius 1 is 0.429 bits per heavy atom. The SMILES string of the molecule is CC(C)=CCC/C(C)=C\CC/C(C)=C\CC/C(C)=C\CC/C(C)=C\CC/C(C)=C\CC/C(C)=C\CC/C(C)=C\COP(=O)(O)OP(=O)(O)O. The molecule has 0 aliphatic heterocycles. The highest BCUT2D eigenvalue weighted by molar-refractivity contribution is 7.60. The van der Waals surface area contributed by atoms with Crippen molar-refractivity contribution in [3.05, 3.63) is 93.2 Å². The molecular weight excluding hydrogens is 654 g/mol. The molecule has 0 radical (unpaired) electrons. The first kappa shape index (κ1) is 47.2. The normalized spacial score (nSPS) is 15.9. The van der Waals surface area contributed by atoms with E-state index >= 15 is 0 Å². The molecule has 7 nitrogen and oxygen atoms in total.